The van der Waals surface area contributed by atoms with Gasteiger partial charge in [-0.15, -0.1) is 0 Å². The molecule has 3 rings (SSSR count). The van der Waals surface area contributed by atoms with Crippen LogP contribution in [0.1, 0.15) is 43.0 Å². The molecule has 0 spiro atoms. The number of carbonyl (C=O) groups excluding carboxylic acids is 1. The summed E-state index contributed by atoms with van der Waals surface area (Å²) in [5, 5.41) is 14.2. The maximum atomic E-state index is 12.5. The summed E-state index contributed by atoms with van der Waals surface area (Å²) in [7, 11) is 0. The number of rotatable bonds is 3. The van der Waals surface area contributed by atoms with Crippen molar-refractivity contribution in [1.29, 1.82) is 0 Å². The minimum atomic E-state index is -0.559. The molecule has 0 aromatic heterocycles. The van der Waals surface area contributed by atoms with Crippen LogP contribution in [-0.2, 0) is 0 Å². The highest BCUT2D eigenvalue weighted by Crippen LogP contribution is 2.36. The van der Waals surface area contributed by atoms with E-state index in [4.69, 9.17) is 9.47 Å². The maximum absolute atomic E-state index is 12.5. The largest absolute Gasteiger partial charge is 0.486 e. The highest BCUT2D eigenvalue weighted by molar-refractivity contribution is 5.99. The molecule has 1 aliphatic heterocycles. The topological polar surface area (TPSA) is 90.7 Å². The van der Waals surface area contributed by atoms with Crippen molar-refractivity contribution in [1.82, 2.24) is 5.32 Å². The molecule has 1 N–H and O–H groups in total. The van der Waals surface area contributed by atoms with Crippen LogP contribution in [0.25, 0.3) is 0 Å². The van der Waals surface area contributed by atoms with E-state index >= 15 is 0 Å². The van der Waals surface area contributed by atoms with Crippen molar-refractivity contribution in [2.75, 3.05) is 13.2 Å². The summed E-state index contributed by atoms with van der Waals surface area (Å²) < 4.78 is 10.8. The Morgan fingerprint density at radius 1 is 1.17 bits per heavy atom. The lowest BCUT2D eigenvalue weighted by molar-refractivity contribution is -0.385. The van der Waals surface area contributed by atoms with Crippen molar-refractivity contribution >= 4 is 11.6 Å². The predicted molar refractivity (Wildman–Crippen MR) is 83.0 cm³/mol. The lowest BCUT2D eigenvalue weighted by Gasteiger charge is -2.27. The monoisotopic (exact) mass is 320 g/mol. The van der Waals surface area contributed by atoms with Crippen molar-refractivity contribution in [3.63, 3.8) is 0 Å². The van der Waals surface area contributed by atoms with Crippen LogP contribution >= 0.6 is 0 Å². The number of benzene rings is 1. The number of nitrogens with zero attached hydrogens (tertiary/aromatic N) is 1. The number of nitrogens with one attached hydrogen (secondary N) is 1. The summed E-state index contributed by atoms with van der Waals surface area (Å²) in [4.78, 5) is 23.2. The van der Waals surface area contributed by atoms with E-state index < -0.39 is 10.8 Å². The number of ether oxygens (including phenoxy) is 2. The molecule has 1 heterocycles. The average Bonchev–Trinajstić information content (AvgIpc) is 2.55. The van der Waals surface area contributed by atoms with Gasteiger partial charge in [-0.2, -0.15) is 0 Å². The van der Waals surface area contributed by atoms with Gasteiger partial charge < -0.3 is 14.8 Å². The summed E-state index contributed by atoms with van der Waals surface area (Å²) in [6, 6.07) is 2.76. The van der Waals surface area contributed by atoms with Crippen LogP contribution in [0.15, 0.2) is 12.1 Å². The fraction of sp³-hybridized carbons (Fsp3) is 0.562. The van der Waals surface area contributed by atoms with Gasteiger partial charge in [0.25, 0.3) is 11.6 Å². The summed E-state index contributed by atoms with van der Waals surface area (Å²) in [6.07, 6.45) is 3.94. The molecule has 0 unspecified atom stereocenters. The Morgan fingerprint density at radius 3 is 2.39 bits per heavy atom. The van der Waals surface area contributed by atoms with E-state index in [0.717, 1.165) is 25.7 Å². The lowest BCUT2D eigenvalue weighted by atomic mass is 9.87. The van der Waals surface area contributed by atoms with Gasteiger partial charge in [-0.3, -0.25) is 14.9 Å². The Kier molecular flexibility index (Phi) is 4.36. The number of carbonyl (C=O) groups is 1. The second-order valence-electron chi connectivity index (χ2n) is 6.20. The van der Waals surface area contributed by atoms with Crippen LogP contribution in [0, 0.1) is 16.0 Å². The van der Waals surface area contributed by atoms with Crippen molar-refractivity contribution in [2.45, 2.75) is 38.6 Å². The van der Waals surface area contributed by atoms with Crippen LogP contribution in [0.2, 0.25) is 0 Å². The molecule has 7 nitrogen and oxygen atoms in total. The molecule has 0 atom stereocenters. The quantitative estimate of drug-likeness (QED) is 0.683. The van der Waals surface area contributed by atoms with Crippen LogP contribution in [-0.4, -0.2) is 30.1 Å². The third-order valence-corrected chi connectivity index (χ3v) is 4.45. The fourth-order valence-corrected chi connectivity index (χ4v) is 3.08. The Labute approximate surface area is 134 Å². The molecule has 1 amide bonds. The van der Waals surface area contributed by atoms with Crippen LogP contribution in [0.3, 0.4) is 0 Å². The number of amides is 1. The SMILES string of the molecule is CC1CCC(NC(=O)c2cc3c(cc2[N+](=O)[O-])OCCO3)CC1. The zero-order valence-corrected chi connectivity index (χ0v) is 13.0. The molecule has 124 valence electrons. The van der Waals surface area contributed by atoms with Crippen molar-refractivity contribution in [2.24, 2.45) is 5.92 Å². The van der Waals surface area contributed by atoms with E-state index in [1.54, 1.807) is 0 Å². The van der Waals surface area contributed by atoms with Gasteiger partial charge in [-0.1, -0.05) is 6.92 Å². The zero-order valence-electron chi connectivity index (χ0n) is 13.0. The van der Waals surface area contributed by atoms with Gasteiger partial charge in [0.2, 0.25) is 0 Å². The highest BCUT2D eigenvalue weighted by atomic mass is 16.6. The summed E-state index contributed by atoms with van der Waals surface area (Å²) in [5.74, 6) is 0.940. The number of nitro groups is 1. The summed E-state index contributed by atoms with van der Waals surface area (Å²) in [5.41, 5.74) is -0.228. The first-order chi connectivity index (χ1) is 11.0. The van der Waals surface area contributed by atoms with Crippen molar-refractivity contribution in [3.8, 4) is 11.5 Å². The molecule has 1 aliphatic carbocycles. The van der Waals surface area contributed by atoms with Crippen LogP contribution in [0.4, 0.5) is 5.69 Å². The molecule has 7 heteroatoms. The molecule has 0 saturated heterocycles. The van der Waals surface area contributed by atoms with Crippen molar-refractivity contribution < 1.29 is 19.2 Å². The molecule has 1 aromatic rings. The molecule has 1 fully saturated rings. The fourth-order valence-electron chi connectivity index (χ4n) is 3.08. The average molecular weight is 320 g/mol. The van der Waals surface area contributed by atoms with Gasteiger partial charge >= 0.3 is 0 Å². The number of hydrogen-bond acceptors (Lipinski definition) is 5. The molecule has 2 aliphatic rings. The minimum Gasteiger partial charge on any atom is -0.486 e. The van der Waals surface area contributed by atoms with Gasteiger partial charge in [0, 0.05) is 12.1 Å². The minimum absolute atomic E-state index is 0.0258. The van der Waals surface area contributed by atoms with Crippen LogP contribution < -0.4 is 14.8 Å². The second kappa shape index (κ2) is 6.44. The second-order valence-corrected chi connectivity index (χ2v) is 6.20. The normalized spacial score (nSPS) is 23.2. The van der Waals surface area contributed by atoms with Gasteiger partial charge in [-0.05, 0) is 31.6 Å². The van der Waals surface area contributed by atoms with E-state index in [0.29, 0.717) is 30.6 Å². The third kappa shape index (κ3) is 3.38. The Bertz CT molecular complexity index is 623. The van der Waals surface area contributed by atoms with E-state index in [1.807, 2.05) is 0 Å². The van der Waals surface area contributed by atoms with E-state index in [1.165, 1.54) is 12.1 Å². The molecular formula is C16H20N2O5. The van der Waals surface area contributed by atoms with Gasteiger partial charge in [-0.25, -0.2) is 0 Å². The molecule has 1 saturated carbocycles. The number of hydrogen-bond donors (Lipinski definition) is 1. The number of nitro benzene ring substituents is 1. The summed E-state index contributed by atoms with van der Waals surface area (Å²) in [6.45, 7) is 2.91. The first-order valence-corrected chi connectivity index (χ1v) is 7.93. The van der Waals surface area contributed by atoms with E-state index in [9.17, 15) is 14.9 Å². The molecule has 0 radical (unpaired) electrons. The predicted octanol–water partition coefficient (Wildman–Crippen LogP) is 2.67. The Hall–Kier alpha value is -2.31. The van der Waals surface area contributed by atoms with E-state index in [-0.39, 0.29) is 17.3 Å². The summed E-state index contributed by atoms with van der Waals surface area (Å²) >= 11 is 0. The highest BCUT2D eigenvalue weighted by Gasteiger charge is 2.28. The smallest absolute Gasteiger partial charge is 0.286 e. The Morgan fingerprint density at radius 2 is 1.78 bits per heavy atom. The molecular weight excluding hydrogens is 300 g/mol. The molecule has 23 heavy (non-hydrogen) atoms. The molecule has 1 aromatic carbocycles. The molecule has 0 bridgehead atoms. The third-order valence-electron chi connectivity index (χ3n) is 4.45. The van der Waals surface area contributed by atoms with Crippen LogP contribution in [0.5, 0.6) is 11.5 Å². The lowest BCUT2D eigenvalue weighted by Crippen LogP contribution is -2.37. The van der Waals surface area contributed by atoms with E-state index in [2.05, 4.69) is 12.2 Å². The Balaban J connectivity index is 1.82. The first-order valence-electron chi connectivity index (χ1n) is 7.93. The van der Waals surface area contributed by atoms with Gasteiger partial charge in [0.15, 0.2) is 11.5 Å². The first kappa shape index (κ1) is 15.6. The van der Waals surface area contributed by atoms with Crippen molar-refractivity contribution in [3.05, 3.63) is 27.8 Å². The maximum Gasteiger partial charge on any atom is 0.286 e. The standard InChI is InChI=1S/C16H20N2O5/c1-10-2-4-11(5-3-10)17-16(19)12-8-14-15(23-7-6-22-14)9-13(12)18(20)21/h8-11H,2-7H2,1H3,(H,17,19). The van der Waals surface area contributed by atoms with Gasteiger partial charge in [0.1, 0.15) is 18.8 Å². The van der Waals surface area contributed by atoms with Gasteiger partial charge in [0.05, 0.1) is 11.0 Å². The zero-order chi connectivity index (χ0) is 16.4. The number of fused-ring (bicyclic) bond motifs is 1.